The van der Waals surface area contributed by atoms with Gasteiger partial charge in [-0.2, -0.15) is 0 Å². The number of nitrogens with zero attached hydrogens (tertiary/aromatic N) is 4. The van der Waals surface area contributed by atoms with E-state index < -0.39 is 0 Å². The number of aromatic nitrogens is 4. The van der Waals surface area contributed by atoms with Gasteiger partial charge in [0.1, 0.15) is 0 Å². The summed E-state index contributed by atoms with van der Waals surface area (Å²) in [5.41, 5.74) is 6.51. The molecule has 51 heavy (non-hydrogen) atoms. The molecule has 0 atom stereocenters. The van der Waals surface area contributed by atoms with Crippen molar-refractivity contribution < 1.29 is 0 Å². The van der Waals surface area contributed by atoms with Crippen molar-refractivity contribution >= 4 is 84.8 Å². The molecule has 0 N–H and O–H groups in total. The van der Waals surface area contributed by atoms with Crippen LogP contribution < -0.4 is 0 Å². The quantitative estimate of drug-likeness (QED) is 0.185. The molecule has 0 aliphatic carbocycles. The Bertz CT molecular complexity index is 3030. The summed E-state index contributed by atoms with van der Waals surface area (Å²) >= 11 is 3.71. The maximum atomic E-state index is 5.04. The molecule has 4 aromatic heterocycles. The van der Waals surface area contributed by atoms with Crippen molar-refractivity contribution in [2.75, 3.05) is 0 Å². The number of hydrogen-bond acceptors (Lipinski definition) is 5. The Hall–Kier alpha value is -6.21. The number of para-hydroxylation sites is 2. The van der Waals surface area contributed by atoms with Gasteiger partial charge in [-0.25, -0.2) is 15.0 Å². The lowest BCUT2D eigenvalue weighted by molar-refractivity contribution is 1.07. The molecule has 4 nitrogen and oxygen atoms in total. The van der Waals surface area contributed by atoms with Gasteiger partial charge < -0.3 is 4.57 Å². The van der Waals surface area contributed by atoms with Gasteiger partial charge in [0.15, 0.2) is 17.5 Å². The van der Waals surface area contributed by atoms with Gasteiger partial charge in [-0.1, -0.05) is 97.1 Å². The van der Waals surface area contributed by atoms with E-state index in [0.29, 0.717) is 17.5 Å². The van der Waals surface area contributed by atoms with Crippen molar-refractivity contribution in [2.24, 2.45) is 0 Å². The maximum Gasteiger partial charge on any atom is 0.164 e. The van der Waals surface area contributed by atoms with E-state index in [1.54, 1.807) is 0 Å². The first-order valence-electron chi connectivity index (χ1n) is 16.9. The molecule has 0 radical (unpaired) electrons. The fourth-order valence-corrected chi connectivity index (χ4v) is 9.73. The van der Waals surface area contributed by atoms with Crippen molar-refractivity contribution in [3.63, 3.8) is 0 Å². The number of benzene rings is 7. The smallest absolute Gasteiger partial charge is 0.164 e. The first-order valence-corrected chi connectivity index (χ1v) is 18.6. The summed E-state index contributed by atoms with van der Waals surface area (Å²) in [6.45, 7) is 0. The Morgan fingerprint density at radius 3 is 1.37 bits per heavy atom. The van der Waals surface area contributed by atoms with Gasteiger partial charge in [-0.15, -0.1) is 22.7 Å². The van der Waals surface area contributed by atoms with E-state index >= 15 is 0 Å². The van der Waals surface area contributed by atoms with Gasteiger partial charge in [0.2, 0.25) is 0 Å². The Balaban J connectivity index is 1.15. The van der Waals surface area contributed by atoms with Gasteiger partial charge in [-0.3, -0.25) is 0 Å². The van der Waals surface area contributed by atoms with Crippen molar-refractivity contribution in [1.29, 1.82) is 0 Å². The molecule has 0 amide bonds. The normalized spacial score (nSPS) is 11.9. The predicted molar refractivity (Wildman–Crippen MR) is 216 cm³/mol. The summed E-state index contributed by atoms with van der Waals surface area (Å²) in [7, 11) is 0. The van der Waals surface area contributed by atoms with Crippen LogP contribution >= 0.6 is 22.7 Å². The number of fused-ring (bicyclic) bond motifs is 10. The summed E-state index contributed by atoms with van der Waals surface area (Å²) in [6.07, 6.45) is 0. The Labute approximate surface area is 300 Å². The molecule has 0 bridgehead atoms. The Morgan fingerprint density at radius 2 is 0.804 bits per heavy atom. The highest BCUT2D eigenvalue weighted by Crippen LogP contribution is 2.46. The summed E-state index contributed by atoms with van der Waals surface area (Å²) < 4.78 is 7.52. The van der Waals surface area contributed by atoms with Crippen LogP contribution in [0.5, 0.6) is 0 Å². The van der Waals surface area contributed by atoms with Crippen LogP contribution in [0.15, 0.2) is 158 Å². The molecule has 7 aromatic carbocycles. The fourth-order valence-electron chi connectivity index (χ4n) is 7.54. The zero-order chi connectivity index (χ0) is 33.5. The minimum atomic E-state index is 0.665. The highest BCUT2D eigenvalue weighted by Gasteiger charge is 2.18. The molecule has 0 saturated heterocycles. The number of rotatable bonds is 4. The highest BCUT2D eigenvalue weighted by atomic mass is 32.1. The van der Waals surface area contributed by atoms with Crippen LogP contribution in [0.25, 0.3) is 102 Å². The van der Waals surface area contributed by atoms with E-state index in [0.717, 1.165) is 16.7 Å². The molecule has 11 aromatic rings. The molecule has 6 heteroatoms. The van der Waals surface area contributed by atoms with E-state index in [1.807, 2.05) is 59.1 Å². The molecule has 0 spiro atoms. The summed E-state index contributed by atoms with van der Waals surface area (Å²) in [4.78, 5) is 15.0. The molecule has 0 fully saturated rings. The third-order valence-electron chi connectivity index (χ3n) is 9.85. The van der Waals surface area contributed by atoms with E-state index in [4.69, 9.17) is 15.0 Å². The zero-order valence-electron chi connectivity index (χ0n) is 27.1. The van der Waals surface area contributed by atoms with Gasteiger partial charge in [0, 0.05) is 73.5 Å². The fraction of sp³-hybridized carbons (Fsp3) is 0. The van der Waals surface area contributed by atoms with Crippen molar-refractivity contribution in [2.45, 2.75) is 0 Å². The Morgan fingerprint density at radius 1 is 0.353 bits per heavy atom. The van der Waals surface area contributed by atoms with Gasteiger partial charge in [-0.05, 0) is 60.7 Å². The SMILES string of the molecule is c1ccc(-c2nc(-c3ccccc3)nc(-c3ccc4sc5ccc6sc7ccc(-n8c9ccccc9c9ccccc98)cc7c6c5c4c3)n2)cc1. The molecule has 0 unspecified atom stereocenters. The number of hydrogen-bond donors (Lipinski definition) is 0. The minimum Gasteiger partial charge on any atom is -0.309 e. The van der Waals surface area contributed by atoms with Crippen molar-refractivity contribution in [3.8, 4) is 39.9 Å². The van der Waals surface area contributed by atoms with Crippen LogP contribution in [-0.2, 0) is 0 Å². The summed E-state index contributed by atoms with van der Waals surface area (Å²) in [5, 5.41) is 7.65. The molecular formula is C45H26N4S2. The van der Waals surface area contributed by atoms with Crippen LogP contribution in [0.1, 0.15) is 0 Å². The predicted octanol–water partition coefficient (Wildman–Crippen LogP) is 12.7. The van der Waals surface area contributed by atoms with Crippen LogP contribution in [-0.4, -0.2) is 19.5 Å². The van der Waals surface area contributed by atoms with E-state index in [-0.39, 0.29) is 0 Å². The standard InChI is InChI=1S/C45H26N4S2/c1-3-11-27(12-4-1)43-46-44(28-13-5-2-6-14-28)48-45(47-43)29-19-21-37-33(25-29)41-39(50-37)23-24-40-42(41)34-26-30(20-22-38(34)51-40)49-35-17-9-7-15-31(35)32-16-8-10-18-36(32)49/h1-26H. The lowest BCUT2D eigenvalue weighted by Gasteiger charge is -2.09. The van der Waals surface area contributed by atoms with Crippen LogP contribution in [0.3, 0.4) is 0 Å². The summed E-state index contributed by atoms with van der Waals surface area (Å²) in [5.74, 6) is 2.00. The second-order valence-electron chi connectivity index (χ2n) is 12.8. The minimum absolute atomic E-state index is 0.665. The van der Waals surface area contributed by atoms with Crippen LogP contribution in [0, 0.1) is 0 Å². The second kappa shape index (κ2) is 11.2. The van der Waals surface area contributed by atoms with Gasteiger partial charge >= 0.3 is 0 Å². The van der Waals surface area contributed by atoms with Crippen molar-refractivity contribution in [3.05, 3.63) is 158 Å². The second-order valence-corrected chi connectivity index (χ2v) is 15.0. The Kier molecular flexibility index (Phi) is 6.26. The average molecular weight is 687 g/mol. The number of thiophene rings is 2. The summed E-state index contributed by atoms with van der Waals surface area (Å²) in [6, 6.07) is 56.0. The van der Waals surface area contributed by atoms with E-state index in [9.17, 15) is 0 Å². The largest absolute Gasteiger partial charge is 0.309 e. The highest BCUT2D eigenvalue weighted by molar-refractivity contribution is 7.28. The lowest BCUT2D eigenvalue weighted by atomic mass is 10.0. The molecule has 0 aliphatic rings. The topological polar surface area (TPSA) is 43.6 Å². The van der Waals surface area contributed by atoms with Gasteiger partial charge in [0.05, 0.1) is 11.0 Å². The molecule has 11 rings (SSSR count). The van der Waals surface area contributed by atoms with E-state index in [1.165, 1.54) is 67.8 Å². The van der Waals surface area contributed by atoms with E-state index in [2.05, 4.69) is 126 Å². The molecular weight excluding hydrogens is 661 g/mol. The lowest BCUT2D eigenvalue weighted by Crippen LogP contribution is -2.00. The van der Waals surface area contributed by atoms with Gasteiger partial charge in [0.25, 0.3) is 0 Å². The first kappa shape index (κ1) is 28.6. The third-order valence-corrected chi connectivity index (χ3v) is 12.1. The van der Waals surface area contributed by atoms with Crippen LogP contribution in [0.2, 0.25) is 0 Å². The third kappa shape index (κ3) is 4.47. The van der Waals surface area contributed by atoms with Crippen LogP contribution in [0.4, 0.5) is 0 Å². The monoisotopic (exact) mass is 686 g/mol. The zero-order valence-corrected chi connectivity index (χ0v) is 28.7. The first-order chi connectivity index (χ1) is 25.3. The molecule has 4 heterocycles. The molecule has 0 aliphatic heterocycles. The van der Waals surface area contributed by atoms with Crippen molar-refractivity contribution in [1.82, 2.24) is 19.5 Å². The maximum absolute atomic E-state index is 5.04. The molecule has 0 saturated carbocycles. The average Bonchev–Trinajstić information content (AvgIpc) is 3.87. The molecule has 238 valence electrons.